The zero-order valence-corrected chi connectivity index (χ0v) is 19.7. The summed E-state index contributed by atoms with van der Waals surface area (Å²) in [6.07, 6.45) is 13.3. The lowest BCUT2D eigenvalue weighted by Crippen LogP contribution is -2.13. The second-order valence-corrected chi connectivity index (χ2v) is 12.5. The van der Waals surface area contributed by atoms with Gasteiger partial charge in [-0.25, -0.2) is 23.2 Å². The van der Waals surface area contributed by atoms with Crippen molar-refractivity contribution in [3.8, 4) is 0 Å². The highest BCUT2D eigenvalue weighted by Gasteiger charge is 2.20. The lowest BCUT2D eigenvalue weighted by Gasteiger charge is -2.26. The molecule has 146 valence electrons. The van der Waals surface area contributed by atoms with E-state index in [9.17, 15) is 0 Å². The first-order chi connectivity index (χ1) is 11.9. The molecule has 1 fully saturated rings. The Hall–Kier alpha value is 0.830. The topological polar surface area (TPSA) is 0 Å². The maximum absolute atomic E-state index is 2.45. The molecular formula is C21H44B2S2. The molecule has 1 aliphatic carbocycles. The summed E-state index contributed by atoms with van der Waals surface area (Å²) in [7, 11) is 0. The molecule has 1 saturated carbocycles. The molecule has 0 bridgehead atoms. The third kappa shape index (κ3) is 12.0. The number of hydrogen-bond acceptors (Lipinski definition) is 2. The van der Waals surface area contributed by atoms with Crippen LogP contribution in [0.5, 0.6) is 0 Å². The zero-order chi connectivity index (χ0) is 18.7. The van der Waals surface area contributed by atoms with E-state index >= 15 is 0 Å². The Labute approximate surface area is 169 Å². The van der Waals surface area contributed by atoms with Gasteiger partial charge in [-0.2, -0.15) is 0 Å². The molecule has 0 aliphatic heterocycles. The van der Waals surface area contributed by atoms with Crippen molar-refractivity contribution in [3.05, 3.63) is 0 Å². The van der Waals surface area contributed by atoms with Gasteiger partial charge in [0, 0.05) is 0 Å². The van der Waals surface area contributed by atoms with Crippen LogP contribution in [0.25, 0.3) is 0 Å². The molecule has 0 radical (unpaired) electrons. The third-order valence-electron chi connectivity index (χ3n) is 5.87. The number of rotatable bonds is 7. The molecule has 0 N–H and O–H groups in total. The average molecular weight is 382 g/mol. The van der Waals surface area contributed by atoms with E-state index in [4.69, 9.17) is 0 Å². The monoisotopic (exact) mass is 382 g/mol. The van der Waals surface area contributed by atoms with Gasteiger partial charge in [-0.1, -0.05) is 111 Å². The van der Waals surface area contributed by atoms with Crippen molar-refractivity contribution in [1.29, 1.82) is 0 Å². The van der Waals surface area contributed by atoms with Crippen molar-refractivity contribution in [2.75, 3.05) is 0 Å². The molecule has 4 heteroatoms. The van der Waals surface area contributed by atoms with Crippen molar-refractivity contribution in [2.24, 2.45) is 11.8 Å². The minimum absolute atomic E-state index is 0.792. The molecule has 0 saturated heterocycles. The van der Waals surface area contributed by atoms with Gasteiger partial charge < -0.3 is 0 Å². The fourth-order valence-corrected chi connectivity index (χ4v) is 6.10. The molecule has 0 nitrogen and oxygen atoms in total. The third-order valence-corrected chi connectivity index (χ3v) is 8.53. The van der Waals surface area contributed by atoms with E-state index in [1.165, 1.54) is 70.9 Å². The van der Waals surface area contributed by atoms with Crippen LogP contribution >= 0.6 is 23.2 Å². The SMILES string of the molecule is CC(C)SB[C@@H]1CCC[C@H](BSC(C)C)CCC[C@H](C(C)C)CCC1. The molecular weight excluding hydrogens is 338 g/mol. The van der Waals surface area contributed by atoms with Crippen LogP contribution in [0, 0.1) is 11.8 Å². The molecule has 0 unspecified atom stereocenters. The van der Waals surface area contributed by atoms with Crippen LogP contribution in [0.2, 0.25) is 11.6 Å². The Morgan fingerprint density at radius 2 is 0.960 bits per heavy atom. The van der Waals surface area contributed by atoms with Crippen molar-refractivity contribution >= 4 is 36.3 Å². The first-order valence-corrected chi connectivity index (χ1v) is 13.2. The van der Waals surface area contributed by atoms with Crippen LogP contribution in [0.15, 0.2) is 0 Å². The van der Waals surface area contributed by atoms with E-state index in [0.29, 0.717) is 0 Å². The van der Waals surface area contributed by atoms with E-state index < -0.39 is 0 Å². The summed E-state index contributed by atoms with van der Waals surface area (Å²) in [5.74, 6) is 3.78. The second kappa shape index (κ2) is 13.9. The molecule has 0 aromatic rings. The van der Waals surface area contributed by atoms with Gasteiger partial charge >= 0.3 is 0 Å². The molecule has 0 amide bonds. The Kier molecular flexibility index (Phi) is 13.3. The highest BCUT2D eigenvalue weighted by atomic mass is 32.2. The quantitative estimate of drug-likeness (QED) is 0.422. The lowest BCUT2D eigenvalue weighted by atomic mass is 9.72. The van der Waals surface area contributed by atoms with E-state index in [-0.39, 0.29) is 0 Å². The smallest absolute Gasteiger partial charge is 0.195 e. The summed E-state index contributed by atoms with van der Waals surface area (Å²) < 4.78 is 0. The Balaban J connectivity index is 2.59. The summed E-state index contributed by atoms with van der Waals surface area (Å²) in [6.45, 7) is 17.1. The maximum atomic E-state index is 2.45. The molecule has 0 aromatic carbocycles. The van der Waals surface area contributed by atoms with Crippen LogP contribution in [-0.2, 0) is 0 Å². The predicted molar refractivity (Wildman–Crippen MR) is 127 cm³/mol. The van der Waals surface area contributed by atoms with Gasteiger partial charge in [0.25, 0.3) is 0 Å². The van der Waals surface area contributed by atoms with Crippen molar-refractivity contribution in [2.45, 2.75) is 121 Å². The highest BCUT2D eigenvalue weighted by Crippen LogP contribution is 2.35. The van der Waals surface area contributed by atoms with Gasteiger partial charge in [0.15, 0.2) is 13.1 Å². The fraction of sp³-hybridized carbons (Fsp3) is 1.00. The minimum Gasteiger partial charge on any atom is -0.212 e. The van der Waals surface area contributed by atoms with Crippen molar-refractivity contribution in [3.63, 3.8) is 0 Å². The molecule has 3 atom stereocenters. The molecule has 0 heterocycles. The first-order valence-electron chi connectivity index (χ1n) is 11.1. The summed E-state index contributed by atoms with van der Waals surface area (Å²) in [4.78, 5) is 0. The average Bonchev–Trinajstić information content (AvgIpc) is 2.52. The first kappa shape index (κ1) is 23.9. The summed E-state index contributed by atoms with van der Waals surface area (Å²) in [5, 5.41) is 1.58. The van der Waals surface area contributed by atoms with Crippen LogP contribution in [0.4, 0.5) is 0 Å². The van der Waals surface area contributed by atoms with Crippen LogP contribution in [0.1, 0.15) is 99.3 Å². The van der Waals surface area contributed by atoms with E-state index in [1.54, 1.807) is 0 Å². The normalized spacial score (nSPS) is 27.2. The van der Waals surface area contributed by atoms with Crippen molar-refractivity contribution < 1.29 is 0 Å². The second-order valence-electron chi connectivity index (χ2n) is 9.29. The van der Waals surface area contributed by atoms with Crippen LogP contribution in [0.3, 0.4) is 0 Å². The fourth-order valence-electron chi connectivity index (χ4n) is 4.12. The van der Waals surface area contributed by atoms with E-state index in [1.807, 2.05) is 0 Å². The Morgan fingerprint density at radius 1 is 0.600 bits per heavy atom. The van der Waals surface area contributed by atoms with E-state index in [0.717, 1.165) is 34.0 Å². The molecule has 1 rings (SSSR count). The van der Waals surface area contributed by atoms with Gasteiger partial charge in [0.05, 0.1) is 0 Å². The van der Waals surface area contributed by atoms with Crippen LogP contribution in [-0.4, -0.2) is 23.6 Å². The highest BCUT2D eigenvalue weighted by molar-refractivity contribution is 8.23. The largest absolute Gasteiger partial charge is 0.212 e. The molecule has 0 aromatic heterocycles. The van der Waals surface area contributed by atoms with Gasteiger partial charge in [0.2, 0.25) is 0 Å². The Bertz CT molecular complexity index is 295. The maximum Gasteiger partial charge on any atom is 0.195 e. The van der Waals surface area contributed by atoms with E-state index in [2.05, 4.69) is 64.8 Å². The Morgan fingerprint density at radius 3 is 1.28 bits per heavy atom. The van der Waals surface area contributed by atoms with Gasteiger partial charge in [-0.3, -0.25) is 0 Å². The summed E-state index contributed by atoms with van der Waals surface area (Å²) >= 11 is 4.39. The summed E-state index contributed by atoms with van der Waals surface area (Å²) in [6, 6.07) is 0. The lowest BCUT2D eigenvalue weighted by molar-refractivity contribution is 0.310. The number of hydrogen-bond donors (Lipinski definition) is 0. The molecule has 1 aliphatic rings. The van der Waals surface area contributed by atoms with Crippen LogP contribution < -0.4 is 0 Å². The standard InChI is InChI=1S/C21H44B2S2/c1-16(2)19-10-7-12-20(22-24-17(3)4)14-9-15-21(13-8-11-19)23-25-18(5)6/h16-23H,7-15H2,1-6H3/t19-,20+,21-. The predicted octanol–water partition coefficient (Wildman–Crippen LogP) is 7.35. The summed E-state index contributed by atoms with van der Waals surface area (Å²) in [5.41, 5.74) is 0. The minimum atomic E-state index is 0.792. The molecule has 0 spiro atoms. The van der Waals surface area contributed by atoms with Crippen molar-refractivity contribution in [1.82, 2.24) is 0 Å². The molecule has 25 heavy (non-hydrogen) atoms. The van der Waals surface area contributed by atoms with Gasteiger partial charge in [0.1, 0.15) is 0 Å². The van der Waals surface area contributed by atoms with Gasteiger partial charge in [-0.15, -0.1) is 0 Å². The van der Waals surface area contributed by atoms with Gasteiger partial charge in [-0.05, 0) is 22.3 Å². The zero-order valence-electron chi connectivity index (χ0n) is 18.1.